The molecule has 1 aromatic carbocycles. The van der Waals surface area contributed by atoms with Gasteiger partial charge in [0.1, 0.15) is 5.82 Å². The van der Waals surface area contributed by atoms with E-state index in [9.17, 15) is 17.6 Å². The summed E-state index contributed by atoms with van der Waals surface area (Å²) in [6.07, 6.45) is 0.691. The van der Waals surface area contributed by atoms with Crippen molar-refractivity contribution in [1.29, 1.82) is 0 Å². The summed E-state index contributed by atoms with van der Waals surface area (Å²) in [4.78, 5) is 14.1. The smallest absolute Gasteiger partial charge is 0.227 e. The molecule has 0 aromatic heterocycles. The quantitative estimate of drug-likeness (QED) is 0.789. The fourth-order valence-electron chi connectivity index (χ4n) is 3.06. The Kier molecular flexibility index (Phi) is 4.39. The molecule has 1 amide bonds. The van der Waals surface area contributed by atoms with Crippen LogP contribution in [0.15, 0.2) is 24.3 Å². The Labute approximate surface area is 134 Å². The highest BCUT2D eigenvalue weighted by atomic mass is 32.2. The Morgan fingerprint density at radius 3 is 2.48 bits per heavy atom. The lowest BCUT2D eigenvalue weighted by molar-refractivity contribution is -0.153. The first-order valence-electron chi connectivity index (χ1n) is 7.44. The third kappa shape index (κ3) is 3.88. The van der Waals surface area contributed by atoms with Crippen molar-refractivity contribution in [3.05, 3.63) is 35.6 Å². The van der Waals surface area contributed by atoms with Crippen molar-refractivity contribution >= 4 is 15.9 Å². The first-order chi connectivity index (χ1) is 10.8. The normalized spacial score (nSPS) is 25.4. The molecule has 2 atom stereocenters. The van der Waals surface area contributed by atoms with Crippen LogP contribution in [0.2, 0.25) is 0 Å². The van der Waals surface area contributed by atoms with Crippen LogP contribution in [-0.2, 0) is 26.0 Å². The van der Waals surface area contributed by atoms with E-state index in [1.54, 1.807) is 17.0 Å². The molecule has 2 bridgehead atoms. The lowest BCUT2D eigenvalue weighted by Crippen LogP contribution is -2.61. The SMILES string of the molecule is CS(=O)(=O)N1C[C@H]2CN(C(=O)Cc3cccc(F)c3)C[C@@H](C1)O2. The number of fused-ring (bicyclic) bond motifs is 2. The molecule has 126 valence electrons. The number of nitrogens with zero attached hydrogens (tertiary/aromatic N) is 2. The number of halogens is 1. The second-order valence-electron chi connectivity index (χ2n) is 6.07. The van der Waals surface area contributed by atoms with E-state index in [0.29, 0.717) is 18.7 Å². The monoisotopic (exact) mass is 342 g/mol. The molecule has 3 rings (SSSR count). The van der Waals surface area contributed by atoms with Crippen molar-refractivity contribution in [3.8, 4) is 0 Å². The zero-order valence-corrected chi connectivity index (χ0v) is 13.6. The van der Waals surface area contributed by atoms with Crippen molar-refractivity contribution in [1.82, 2.24) is 9.21 Å². The molecule has 2 saturated heterocycles. The number of morpholine rings is 2. The summed E-state index contributed by atoms with van der Waals surface area (Å²) in [5.41, 5.74) is 0.629. The van der Waals surface area contributed by atoms with Crippen LogP contribution in [0.1, 0.15) is 5.56 Å². The molecule has 2 aliphatic rings. The van der Waals surface area contributed by atoms with E-state index >= 15 is 0 Å². The topological polar surface area (TPSA) is 66.9 Å². The number of hydrogen-bond acceptors (Lipinski definition) is 4. The Bertz CT molecular complexity index is 695. The summed E-state index contributed by atoms with van der Waals surface area (Å²) >= 11 is 0. The van der Waals surface area contributed by atoms with E-state index in [4.69, 9.17) is 4.74 Å². The average Bonchev–Trinajstić information content (AvgIpc) is 2.45. The van der Waals surface area contributed by atoms with Gasteiger partial charge in [-0.2, -0.15) is 4.31 Å². The van der Waals surface area contributed by atoms with Gasteiger partial charge < -0.3 is 9.64 Å². The summed E-state index contributed by atoms with van der Waals surface area (Å²) in [6, 6.07) is 5.99. The molecule has 0 unspecified atom stereocenters. The molecule has 2 aliphatic heterocycles. The molecule has 6 nitrogen and oxygen atoms in total. The van der Waals surface area contributed by atoms with Gasteiger partial charge in [-0.05, 0) is 17.7 Å². The molecule has 2 fully saturated rings. The van der Waals surface area contributed by atoms with Crippen molar-refractivity contribution < 1.29 is 22.3 Å². The van der Waals surface area contributed by atoms with Crippen LogP contribution in [0, 0.1) is 5.82 Å². The zero-order chi connectivity index (χ0) is 16.6. The van der Waals surface area contributed by atoms with E-state index in [0.717, 1.165) is 0 Å². The van der Waals surface area contributed by atoms with Crippen LogP contribution in [0.25, 0.3) is 0 Å². The Morgan fingerprint density at radius 2 is 1.91 bits per heavy atom. The molecule has 0 aliphatic carbocycles. The number of ether oxygens (including phenoxy) is 1. The maximum atomic E-state index is 13.2. The molecule has 0 spiro atoms. The van der Waals surface area contributed by atoms with Crippen LogP contribution >= 0.6 is 0 Å². The Balaban J connectivity index is 1.64. The summed E-state index contributed by atoms with van der Waals surface area (Å²) in [5.74, 6) is -0.459. The van der Waals surface area contributed by atoms with Crippen LogP contribution < -0.4 is 0 Å². The number of benzene rings is 1. The summed E-state index contributed by atoms with van der Waals surface area (Å²) < 4.78 is 43.7. The minimum absolute atomic E-state index is 0.0956. The molecule has 0 N–H and O–H groups in total. The number of carbonyl (C=O) groups excluding carboxylic acids is 1. The van der Waals surface area contributed by atoms with Crippen LogP contribution in [0.3, 0.4) is 0 Å². The van der Waals surface area contributed by atoms with Crippen molar-refractivity contribution in [2.45, 2.75) is 18.6 Å². The van der Waals surface area contributed by atoms with Crippen molar-refractivity contribution in [3.63, 3.8) is 0 Å². The van der Waals surface area contributed by atoms with Gasteiger partial charge in [0.25, 0.3) is 0 Å². The minimum atomic E-state index is -3.25. The fourth-order valence-corrected chi connectivity index (χ4v) is 3.94. The summed E-state index contributed by atoms with van der Waals surface area (Å²) in [6.45, 7) is 1.24. The predicted molar refractivity (Wildman–Crippen MR) is 81.8 cm³/mol. The summed E-state index contributed by atoms with van der Waals surface area (Å²) in [7, 11) is -3.25. The lowest BCUT2D eigenvalue weighted by Gasteiger charge is -2.44. The maximum Gasteiger partial charge on any atom is 0.227 e. The maximum absolute atomic E-state index is 13.2. The highest BCUT2D eigenvalue weighted by Gasteiger charge is 2.39. The predicted octanol–water partition coefficient (Wildman–Crippen LogP) is 0.239. The molecule has 2 heterocycles. The molecular formula is C15H19FN2O4S. The van der Waals surface area contributed by atoms with Gasteiger partial charge >= 0.3 is 0 Å². The highest BCUT2D eigenvalue weighted by molar-refractivity contribution is 7.88. The first-order valence-corrected chi connectivity index (χ1v) is 9.29. The van der Waals surface area contributed by atoms with Crippen LogP contribution in [-0.4, -0.2) is 68.2 Å². The van der Waals surface area contributed by atoms with Crippen molar-refractivity contribution in [2.24, 2.45) is 0 Å². The van der Waals surface area contributed by atoms with E-state index < -0.39 is 10.0 Å². The van der Waals surface area contributed by atoms with Gasteiger partial charge in [0.05, 0.1) is 24.9 Å². The summed E-state index contributed by atoms with van der Waals surface area (Å²) in [5, 5.41) is 0. The largest absolute Gasteiger partial charge is 0.369 e. The van der Waals surface area contributed by atoms with Gasteiger partial charge in [-0.3, -0.25) is 4.79 Å². The van der Waals surface area contributed by atoms with Crippen LogP contribution in [0.5, 0.6) is 0 Å². The van der Waals surface area contributed by atoms with E-state index in [1.807, 2.05) is 0 Å². The number of carbonyl (C=O) groups is 1. The Hall–Kier alpha value is -1.51. The minimum Gasteiger partial charge on any atom is -0.369 e. The molecule has 8 heteroatoms. The highest BCUT2D eigenvalue weighted by Crippen LogP contribution is 2.21. The standard InChI is InChI=1S/C15H19FN2O4S/c1-23(20,21)18-9-13-7-17(8-14(10-18)22-13)15(19)6-11-3-2-4-12(16)5-11/h2-5,13-14H,6-10H2,1H3/t13-,14+. The molecule has 1 aromatic rings. The molecular weight excluding hydrogens is 323 g/mol. The number of sulfonamides is 1. The third-order valence-corrected chi connectivity index (χ3v) is 5.35. The average molecular weight is 342 g/mol. The molecule has 0 radical (unpaired) electrons. The van der Waals surface area contributed by atoms with E-state index in [1.165, 1.54) is 22.7 Å². The van der Waals surface area contributed by atoms with Crippen LogP contribution in [0.4, 0.5) is 4.39 Å². The van der Waals surface area contributed by atoms with Gasteiger partial charge in [-0.15, -0.1) is 0 Å². The molecule has 0 saturated carbocycles. The third-order valence-electron chi connectivity index (χ3n) is 4.11. The second-order valence-corrected chi connectivity index (χ2v) is 8.05. The number of hydrogen-bond donors (Lipinski definition) is 0. The second kappa shape index (κ2) is 6.18. The van der Waals surface area contributed by atoms with E-state index in [2.05, 4.69) is 0 Å². The van der Waals surface area contributed by atoms with E-state index in [-0.39, 0.29) is 43.4 Å². The van der Waals surface area contributed by atoms with Gasteiger partial charge in [0, 0.05) is 26.2 Å². The lowest BCUT2D eigenvalue weighted by atomic mass is 10.1. The zero-order valence-electron chi connectivity index (χ0n) is 12.8. The van der Waals surface area contributed by atoms with Gasteiger partial charge in [0.15, 0.2) is 0 Å². The van der Waals surface area contributed by atoms with Gasteiger partial charge in [0.2, 0.25) is 15.9 Å². The first kappa shape index (κ1) is 16.4. The van der Waals surface area contributed by atoms with Gasteiger partial charge in [-0.1, -0.05) is 12.1 Å². The molecule has 23 heavy (non-hydrogen) atoms. The Morgan fingerprint density at radius 1 is 1.26 bits per heavy atom. The van der Waals surface area contributed by atoms with Crippen molar-refractivity contribution in [2.75, 3.05) is 32.4 Å². The number of amides is 1. The fraction of sp³-hybridized carbons (Fsp3) is 0.533. The van der Waals surface area contributed by atoms with Gasteiger partial charge in [-0.25, -0.2) is 12.8 Å². The number of rotatable bonds is 3.